The monoisotopic (exact) mass is 348 g/mol. The summed E-state index contributed by atoms with van der Waals surface area (Å²) in [6, 6.07) is 0. The van der Waals surface area contributed by atoms with E-state index in [1.165, 1.54) is 0 Å². The molecule has 2 heteroatoms. The Morgan fingerprint density at radius 3 is 0.391 bits per heavy atom. The van der Waals surface area contributed by atoms with E-state index < -0.39 is 0 Å². The molecule has 0 aromatic carbocycles. The molecule has 0 rings (SSSR count). The summed E-state index contributed by atoms with van der Waals surface area (Å²) in [6.07, 6.45) is 4.68. The first-order valence-corrected chi connectivity index (χ1v) is 9.86. The van der Waals surface area contributed by atoms with Gasteiger partial charge in [0, 0.05) is 0 Å². The van der Waals surface area contributed by atoms with Gasteiger partial charge < -0.3 is 0 Å². The Morgan fingerprint density at radius 2 is 0.391 bits per heavy atom. The van der Waals surface area contributed by atoms with Crippen molar-refractivity contribution in [3.05, 3.63) is 0 Å². The third kappa shape index (κ3) is 24000. The Balaban J connectivity index is -0.00000000768. The maximum Gasteiger partial charge on any atom is 0.102 e. The maximum atomic E-state index is 9.82. The van der Waals surface area contributed by atoms with Crippen LogP contribution in [0.5, 0.6) is 0 Å². The van der Waals surface area contributed by atoms with Crippen LogP contribution in [0.4, 0.5) is 8.78 Å². The van der Waals surface area contributed by atoms with Crippen LogP contribution in [0.1, 0.15) is 125 Å². The fourth-order valence-electron chi connectivity index (χ4n) is 0. The van der Waals surface area contributed by atoms with Gasteiger partial charge in [-0.2, -0.15) is 0 Å². The van der Waals surface area contributed by atoms with Crippen molar-refractivity contribution in [2.45, 2.75) is 125 Å². The van der Waals surface area contributed by atoms with Gasteiger partial charge in [-0.05, 0) is 0 Å². The van der Waals surface area contributed by atoms with Gasteiger partial charge in [0.25, 0.3) is 0 Å². The molecule has 0 nitrogen and oxygen atoms in total. The standard InChI is InChI=1S/C2HF.9C2H6.CH3F/c1-2-3;10*1-2/h1H;9*1-2H3;1H3. The summed E-state index contributed by atoms with van der Waals surface area (Å²) >= 11 is 0. The molecule has 0 N–H and O–H groups in total. The number of halogens is 2. The van der Waals surface area contributed by atoms with Crippen molar-refractivity contribution in [3.8, 4) is 12.6 Å². The van der Waals surface area contributed by atoms with E-state index in [-0.39, 0.29) is 0 Å². The summed E-state index contributed by atoms with van der Waals surface area (Å²) in [6.45, 7) is 36.0. The van der Waals surface area contributed by atoms with E-state index in [1.807, 2.05) is 125 Å². The first-order chi connectivity index (χ1) is 11.4. The minimum Gasteiger partial charge on any atom is -0.255 e. The molecule has 0 saturated heterocycles. The van der Waals surface area contributed by atoms with Crippen molar-refractivity contribution < 1.29 is 8.78 Å². The summed E-state index contributed by atoms with van der Waals surface area (Å²) in [7, 11) is 0.500. The molecular formula is C21H58F2. The van der Waals surface area contributed by atoms with Crippen LogP contribution in [0.15, 0.2) is 0 Å². The van der Waals surface area contributed by atoms with E-state index in [4.69, 9.17) is 0 Å². The molecule has 0 fully saturated rings. The third-order valence-corrected chi connectivity index (χ3v) is 0. The fourth-order valence-corrected chi connectivity index (χ4v) is 0. The Kier molecular flexibility index (Phi) is 174000. The second-order valence-corrected chi connectivity index (χ2v) is 0.109. The van der Waals surface area contributed by atoms with Gasteiger partial charge in [-0.1, -0.05) is 131 Å². The predicted octanol–water partition coefficient (Wildman–Crippen LogP) is 10.4. The van der Waals surface area contributed by atoms with Crippen LogP contribution in [0.2, 0.25) is 0 Å². The van der Waals surface area contributed by atoms with Gasteiger partial charge in [-0.25, -0.2) is 0 Å². The molecule has 156 valence electrons. The van der Waals surface area contributed by atoms with Gasteiger partial charge in [0.1, 0.15) is 6.17 Å². The zero-order valence-electron chi connectivity index (χ0n) is 20.8. The van der Waals surface area contributed by atoms with Crippen molar-refractivity contribution in [2.75, 3.05) is 7.18 Å². The van der Waals surface area contributed by atoms with Crippen LogP contribution in [0.25, 0.3) is 0 Å². The Labute approximate surface area is 153 Å². The van der Waals surface area contributed by atoms with Crippen LogP contribution in [0.3, 0.4) is 0 Å². The molecule has 0 aliphatic rings. The third-order valence-electron chi connectivity index (χ3n) is 0. The molecule has 0 atom stereocenters. The van der Waals surface area contributed by atoms with Crippen LogP contribution in [-0.4, -0.2) is 7.18 Å². The minimum absolute atomic E-state index is 0.500. The molecular weight excluding hydrogens is 290 g/mol. The normalized spacial score (nSPS) is 2.96. The summed E-state index contributed by atoms with van der Waals surface area (Å²) in [5.41, 5.74) is 0. The second kappa shape index (κ2) is 50600. The lowest BCUT2D eigenvalue weighted by Gasteiger charge is -1.17. The van der Waals surface area contributed by atoms with Gasteiger partial charge >= 0.3 is 0 Å². The zero-order chi connectivity index (χ0) is 22.7. The number of hydrogen-bond acceptors (Lipinski definition) is 0. The molecule has 0 bridgehead atoms. The molecule has 0 heterocycles. The van der Waals surface area contributed by atoms with Gasteiger partial charge in [0.15, 0.2) is 0 Å². The lowest BCUT2D eigenvalue weighted by molar-refractivity contribution is 0.636. The first kappa shape index (κ1) is 78.9. The number of terminal acetylenes is 1. The van der Waals surface area contributed by atoms with Crippen LogP contribution in [-0.2, 0) is 0 Å². The van der Waals surface area contributed by atoms with Gasteiger partial charge in [-0.15, -0.1) is 4.39 Å². The van der Waals surface area contributed by atoms with E-state index in [9.17, 15) is 8.78 Å². The van der Waals surface area contributed by atoms with Crippen molar-refractivity contribution in [1.82, 2.24) is 0 Å². The highest BCUT2D eigenvalue weighted by Crippen LogP contribution is 1.34. The van der Waals surface area contributed by atoms with Gasteiger partial charge in [0.2, 0.25) is 0 Å². The Hall–Kier alpha value is -0.580. The average Bonchev–Trinajstić information content (AvgIpc) is 2.77. The van der Waals surface area contributed by atoms with E-state index in [0.717, 1.165) is 6.17 Å². The number of hydrogen-bond donors (Lipinski definition) is 0. The molecule has 0 spiro atoms. The summed E-state index contributed by atoms with van der Waals surface area (Å²) in [5.74, 6) is 0. The molecule has 23 heavy (non-hydrogen) atoms. The number of alkyl halides is 1. The molecule has 0 aromatic rings. The smallest absolute Gasteiger partial charge is 0.102 e. The van der Waals surface area contributed by atoms with E-state index in [2.05, 4.69) is 6.42 Å². The fraction of sp³-hybridized carbons (Fsp3) is 0.905. The van der Waals surface area contributed by atoms with Crippen LogP contribution < -0.4 is 0 Å². The van der Waals surface area contributed by atoms with Crippen molar-refractivity contribution >= 4 is 0 Å². The van der Waals surface area contributed by atoms with E-state index >= 15 is 0 Å². The molecule has 0 aromatic heterocycles. The molecule has 0 unspecified atom stereocenters. The highest BCUT2D eigenvalue weighted by molar-refractivity contribution is 4.63. The van der Waals surface area contributed by atoms with Crippen molar-refractivity contribution in [2.24, 2.45) is 0 Å². The molecule has 0 radical (unpaired) electrons. The quantitative estimate of drug-likeness (QED) is 0.382. The summed E-state index contributed by atoms with van der Waals surface area (Å²) in [4.78, 5) is 0. The van der Waals surface area contributed by atoms with Crippen molar-refractivity contribution in [3.63, 3.8) is 0 Å². The van der Waals surface area contributed by atoms with E-state index in [0.29, 0.717) is 7.18 Å². The first-order valence-electron chi connectivity index (χ1n) is 9.86. The van der Waals surface area contributed by atoms with Crippen molar-refractivity contribution in [1.29, 1.82) is 0 Å². The molecule has 0 saturated carbocycles. The topological polar surface area (TPSA) is 0 Å². The highest BCUT2D eigenvalue weighted by Gasteiger charge is 1.15. The Morgan fingerprint density at radius 1 is 0.391 bits per heavy atom. The molecule has 0 aliphatic heterocycles. The van der Waals surface area contributed by atoms with Crippen LogP contribution >= 0.6 is 0 Å². The average molecular weight is 349 g/mol. The van der Waals surface area contributed by atoms with Gasteiger partial charge in [0.05, 0.1) is 7.18 Å². The number of rotatable bonds is 0. The molecule has 0 aliphatic carbocycles. The Bertz CT molecular complexity index is 31.3. The lowest BCUT2D eigenvalue weighted by Crippen LogP contribution is -1.02. The van der Waals surface area contributed by atoms with E-state index in [1.54, 1.807) is 0 Å². The molecule has 0 amide bonds. The highest BCUT2D eigenvalue weighted by atomic mass is 19.1. The second-order valence-electron chi connectivity index (χ2n) is 0.109. The maximum absolute atomic E-state index is 9.82. The SMILES string of the molecule is C#CF.CC.CC.CC.CC.CC.CC.CC.CC.CC.CF. The zero-order valence-corrected chi connectivity index (χ0v) is 20.8. The minimum atomic E-state index is 0.500. The van der Waals surface area contributed by atoms with Crippen LogP contribution in [0, 0.1) is 12.6 Å². The summed E-state index contributed by atoms with van der Waals surface area (Å²) < 4.78 is 19.3. The largest absolute Gasteiger partial charge is 0.255 e. The lowest BCUT2D eigenvalue weighted by atomic mass is 11.0. The van der Waals surface area contributed by atoms with Gasteiger partial charge in [-0.3, -0.25) is 4.39 Å². The summed E-state index contributed by atoms with van der Waals surface area (Å²) in [5, 5.41) is 0. The predicted molar refractivity (Wildman–Crippen MR) is 119 cm³/mol.